The molecule has 6 nitrogen and oxygen atoms in total. The molecule has 9 aromatic carbocycles. The molecule has 13 aromatic rings. The minimum absolute atomic E-state index is 0.557. The van der Waals surface area contributed by atoms with Crippen LogP contribution in [0.25, 0.3) is 128 Å². The quantitative estimate of drug-likeness (QED) is 0.167. The van der Waals surface area contributed by atoms with E-state index in [0.29, 0.717) is 17.5 Å². The number of benzene rings is 9. The second-order valence-electron chi connectivity index (χ2n) is 15.9. The van der Waals surface area contributed by atoms with Gasteiger partial charge in [-0.3, -0.25) is 0 Å². The molecule has 0 spiro atoms. The first-order valence-corrected chi connectivity index (χ1v) is 21.1. The van der Waals surface area contributed by atoms with Gasteiger partial charge in [0, 0.05) is 49.2 Å². The summed E-state index contributed by atoms with van der Waals surface area (Å²) in [6.07, 6.45) is 0. The van der Waals surface area contributed by atoms with Crippen LogP contribution >= 0.6 is 0 Å². The fourth-order valence-electron chi connectivity index (χ4n) is 9.44. The van der Waals surface area contributed by atoms with Crippen LogP contribution in [0.3, 0.4) is 0 Å². The van der Waals surface area contributed by atoms with Crippen molar-refractivity contribution in [3.05, 3.63) is 206 Å². The van der Waals surface area contributed by atoms with Gasteiger partial charge < -0.3 is 13.4 Å². The Hall–Kier alpha value is -8.61. The number of rotatable bonds is 6. The highest BCUT2D eigenvalue weighted by atomic mass is 16.3. The van der Waals surface area contributed by atoms with E-state index in [-0.39, 0.29) is 0 Å². The Kier molecular flexibility index (Phi) is 7.80. The summed E-state index contributed by atoms with van der Waals surface area (Å²) in [7, 11) is 0. The Balaban J connectivity index is 1.15. The summed E-state index contributed by atoms with van der Waals surface area (Å²) in [6, 6.07) is 71.3. The Morgan fingerprint density at radius 2 is 0.857 bits per heavy atom. The molecule has 63 heavy (non-hydrogen) atoms. The van der Waals surface area contributed by atoms with Crippen molar-refractivity contribution >= 4 is 65.7 Å². The lowest BCUT2D eigenvalue weighted by atomic mass is 9.95. The largest absolute Gasteiger partial charge is 0.456 e. The molecule has 0 radical (unpaired) electrons. The molecule has 0 fully saturated rings. The van der Waals surface area contributed by atoms with Crippen LogP contribution in [0.1, 0.15) is 0 Å². The molecule has 0 aliphatic heterocycles. The van der Waals surface area contributed by atoms with Crippen molar-refractivity contribution in [2.75, 3.05) is 0 Å². The van der Waals surface area contributed by atoms with E-state index in [4.69, 9.17) is 23.8 Å². The van der Waals surface area contributed by atoms with Crippen molar-refractivity contribution in [2.24, 2.45) is 0 Å². The minimum Gasteiger partial charge on any atom is -0.456 e. The fraction of sp³-hybridized carbons (Fsp3) is 0. The Morgan fingerprint density at radius 1 is 0.317 bits per heavy atom. The highest BCUT2D eigenvalue weighted by Crippen LogP contribution is 2.47. The van der Waals surface area contributed by atoms with Gasteiger partial charge in [0.2, 0.25) is 0 Å². The molecular weight excluding hydrogens is 773 g/mol. The maximum Gasteiger partial charge on any atom is 0.166 e. The second-order valence-corrected chi connectivity index (χ2v) is 15.9. The zero-order valence-electron chi connectivity index (χ0n) is 33.7. The highest BCUT2D eigenvalue weighted by molar-refractivity contribution is 6.22. The number of hydrogen-bond acceptors (Lipinski definition) is 5. The van der Waals surface area contributed by atoms with Crippen molar-refractivity contribution in [2.45, 2.75) is 0 Å². The van der Waals surface area contributed by atoms with E-state index in [1.54, 1.807) is 0 Å². The summed E-state index contributed by atoms with van der Waals surface area (Å²) in [5, 5.41) is 6.36. The predicted molar refractivity (Wildman–Crippen MR) is 256 cm³/mol. The van der Waals surface area contributed by atoms with Crippen molar-refractivity contribution < 1.29 is 8.83 Å². The molecule has 0 saturated heterocycles. The molecule has 0 amide bonds. The number of nitrogens with zero attached hydrogens (tertiary/aromatic N) is 4. The molecule has 4 aromatic heterocycles. The van der Waals surface area contributed by atoms with Crippen LogP contribution in [0.2, 0.25) is 0 Å². The average molecular weight is 807 g/mol. The molecule has 4 heterocycles. The van der Waals surface area contributed by atoms with Crippen molar-refractivity contribution in [1.82, 2.24) is 19.5 Å². The second kappa shape index (κ2) is 14.0. The Bertz CT molecular complexity index is 3790. The molecule has 13 rings (SSSR count). The molecule has 0 saturated carbocycles. The normalized spacial score (nSPS) is 11.8. The van der Waals surface area contributed by atoms with Crippen LogP contribution in [-0.2, 0) is 0 Å². The van der Waals surface area contributed by atoms with E-state index >= 15 is 0 Å². The SMILES string of the molecule is c1ccc(-c2ccc3oc4c(-c5cccc6oc7ccc(-c8nc(-c9ccccc9)nc(-c9ccccc9)n8)c(-n8c9ccccc9c9ccccc98)c7c56)cccc4c3c2)cc1. The summed E-state index contributed by atoms with van der Waals surface area (Å²) < 4.78 is 16.1. The first-order valence-electron chi connectivity index (χ1n) is 21.1. The van der Waals surface area contributed by atoms with Gasteiger partial charge in [-0.25, -0.2) is 15.0 Å². The van der Waals surface area contributed by atoms with E-state index in [1.807, 2.05) is 66.7 Å². The number of para-hydroxylation sites is 3. The van der Waals surface area contributed by atoms with E-state index in [2.05, 4.69) is 144 Å². The first kappa shape index (κ1) is 35.2. The molecule has 0 aliphatic rings. The molecule has 0 bridgehead atoms. The third-order valence-corrected chi connectivity index (χ3v) is 12.3. The third-order valence-electron chi connectivity index (χ3n) is 12.3. The van der Waals surface area contributed by atoms with Crippen LogP contribution < -0.4 is 0 Å². The zero-order chi connectivity index (χ0) is 41.4. The standard InChI is InChI=1S/C57H34N4O2/c1-4-16-35(17-5-1)38-30-32-48-45(34-38)43-26-14-25-42(54(43)63-48)41-24-15-29-49-51(41)52-50(62-49)33-31-44(53(52)61-46-27-12-10-22-39(46)40-23-11-13-28-47(40)61)57-59-55(36-18-6-2-7-19-36)58-56(60-57)37-20-8-3-9-21-37/h1-34H. The summed E-state index contributed by atoms with van der Waals surface area (Å²) >= 11 is 0. The summed E-state index contributed by atoms with van der Waals surface area (Å²) in [6.45, 7) is 0. The van der Waals surface area contributed by atoms with Gasteiger partial charge in [0.25, 0.3) is 0 Å². The van der Waals surface area contributed by atoms with Crippen molar-refractivity contribution in [1.29, 1.82) is 0 Å². The molecule has 6 heteroatoms. The Morgan fingerprint density at radius 3 is 1.54 bits per heavy atom. The number of hydrogen-bond donors (Lipinski definition) is 0. The van der Waals surface area contributed by atoms with Crippen molar-refractivity contribution in [3.63, 3.8) is 0 Å². The van der Waals surface area contributed by atoms with Gasteiger partial charge >= 0.3 is 0 Å². The van der Waals surface area contributed by atoms with Gasteiger partial charge in [-0.1, -0.05) is 164 Å². The maximum absolute atomic E-state index is 6.89. The lowest BCUT2D eigenvalue weighted by Gasteiger charge is -2.16. The van der Waals surface area contributed by atoms with Gasteiger partial charge in [0.15, 0.2) is 17.5 Å². The monoisotopic (exact) mass is 806 g/mol. The predicted octanol–water partition coefficient (Wildman–Crippen LogP) is 15.1. The molecule has 0 unspecified atom stereocenters. The van der Waals surface area contributed by atoms with Crippen LogP contribution in [0.15, 0.2) is 215 Å². The Labute approximate surface area is 361 Å². The first-order chi connectivity index (χ1) is 31.2. The van der Waals surface area contributed by atoms with Crippen LogP contribution in [0.5, 0.6) is 0 Å². The average Bonchev–Trinajstić information content (AvgIpc) is 4.04. The van der Waals surface area contributed by atoms with Gasteiger partial charge in [0.1, 0.15) is 22.3 Å². The lowest BCUT2D eigenvalue weighted by molar-refractivity contribution is 0.668. The molecule has 294 valence electrons. The topological polar surface area (TPSA) is 69.9 Å². The van der Waals surface area contributed by atoms with Gasteiger partial charge in [-0.2, -0.15) is 0 Å². The summed E-state index contributed by atoms with van der Waals surface area (Å²) in [5.74, 6) is 1.75. The van der Waals surface area contributed by atoms with Crippen LogP contribution in [0.4, 0.5) is 0 Å². The maximum atomic E-state index is 6.89. The molecule has 0 N–H and O–H groups in total. The van der Waals surface area contributed by atoms with Gasteiger partial charge in [0.05, 0.1) is 22.1 Å². The smallest absolute Gasteiger partial charge is 0.166 e. The zero-order valence-corrected chi connectivity index (χ0v) is 33.7. The van der Waals surface area contributed by atoms with Crippen LogP contribution in [-0.4, -0.2) is 19.5 Å². The van der Waals surface area contributed by atoms with E-state index < -0.39 is 0 Å². The number of aromatic nitrogens is 4. The van der Waals surface area contributed by atoms with E-state index in [9.17, 15) is 0 Å². The van der Waals surface area contributed by atoms with E-state index in [0.717, 1.165) is 110 Å². The van der Waals surface area contributed by atoms with Gasteiger partial charge in [-0.05, 0) is 59.2 Å². The fourth-order valence-corrected chi connectivity index (χ4v) is 9.44. The number of fused-ring (bicyclic) bond motifs is 9. The number of furan rings is 2. The van der Waals surface area contributed by atoms with E-state index in [1.165, 1.54) is 0 Å². The minimum atomic E-state index is 0.557. The van der Waals surface area contributed by atoms with Crippen molar-refractivity contribution in [3.8, 4) is 62.1 Å². The third kappa shape index (κ3) is 5.55. The lowest BCUT2D eigenvalue weighted by Crippen LogP contribution is -2.04. The molecular formula is C57H34N4O2. The van der Waals surface area contributed by atoms with Crippen LogP contribution in [0, 0.1) is 0 Å². The molecule has 0 atom stereocenters. The van der Waals surface area contributed by atoms with Gasteiger partial charge in [-0.15, -0.1) is 0 Å². The summed E-state index contributed by atoms with van der Waals surface area (Å²) in [4.78, 5) is 15.6. The summed E-state index contributed by atoms with van der Waals surface area (Å²) in [5.41, 5.74) is 13.2. The highest BCUT2D eigenvalue weighted by Gasteiger charge is 2.26. The molecule has 0 aliphatic carbocycles.